The summed E-state index contributed by atoms with van der Waals surface area (Å²) in [5.41, 5.74) is -0.383. The van der Waals surface area contributed by atoms with Gasteiger partial charge in [0.15, 0.2) is 5.82 Å². The molecule has 0 radical (unpaired) electrons. The maximum absolute atomic E-state index is 12.7. The topological polar surface area (TPSA) is 103 Å². The number of aryl methyl sites for hydroxylation is 1. The number of hydrogen-bond donors (Lipinski definition) is 1. The minimum absolute atomic E-state index is 0.0872. The Morgan fingerprint density at radius 3 is 2.71 bits per heavy atom. The van der Waals surface area contributed by atoms with Gasteiger partial charge in [-0.25, -0.2) is 9.78 Å². The molecule has 9 nitrogen and oxygen atoms in total. The van der Waals surface area contributed by atoms with Crippen molar-refractivity contribution in [2.24, 2.45) is 0 Å². The van der Waals surface area contributed by atoms with E-state index in [1.807, 2.05) is 20.8 Å². The molecule has 1 aromatic rings. The lowest BCUT2D eigenvalue weighted by molar-refractivity contribution is -0.143. The first kappa shape index (κ1) is 21.7. The number of carbonyl (C=O) groups is 2. The SMILES string of the molecule is CCOC(=O)Cn1c(C)cnc(NCC2CCCN2C(=O)OC(C)(C)C)c1=O. The Hall–Kier alpha value is -2.58. The molecule has 0 aromatic carbocycles. The van der Waals surface area contributed by atoms with Crippen LogP contribution in [0, 0.1) is 6.92 Å². The van der Waals surface area contributed by atoms with Crippen molar-refractivity contribution in [3.05, 3.63) is 22.2 Å². The van der Waals surface area contributed by atoms with Crippen molar-refractivity contribution in [1.29, 1.82) is 0 Å². The van der Waals surface area contributed by atoms with Crippen LogP contribution in [0.15, 0.2) is 11.0 Å². The highest BCUT2D eigenvalue weighted by atomic mass is 16.6. The summed E-state index contributed by atoms with van der Waals surface area (Å²) in [4.78, 5) is 42.6. The number of amides is 1. The van der Waals surface area contributed by atoms with Gasteiger partial charge >= 0.3 is 12.1 Å². The van der Waals surface area contributed by atoms with Gasteiger partial charge in [0.2, 0.25) is 0 Å². The fraction of sp³-hybridized carbons (Fsp3) is 0.684. The highest BCUT2D eigenvalue weighted by Gasteiger charge is 2.32. The lowest BCUT2D eigenvalue weighted by Crippen LogP contribution is -2.43. The van der Waals surface area contributed by atoms with Gasteiger partial charge in [-0.2, -0.15) is 0 Å². The first-order chi connectivity index (χ1) is 13.1. The van der Waals surface area contributed by atoms with Crippen LogP contribution < -0.4 is 10.9 Å². The predicted molar refractivity (Wildman–Crippen MR) is 104 cm³/mol. The van der Waals surface area contributed by atoms with Crippen molar-refractivity contribution < 1.29 is 19.1 Å². The van der Waals surface area contributed by atoms with Gasteiger partial charge < -0.3 is 19.7 Å². The Morgan fingerprint density at radius 2 is 2.07 bits per heavy atom. The van der Waals surface area contributed by atoms with Crippen molar-refractivity contribution in [2.45, 2.75) is 65.6 Å². The van der Waals surface area contributed by atoms with Gasteiger partial charge in [0.1, 0.15) is 12.1 Å². The molecule has 1 aromatic heterocycles. The smallest absolute Gasteiger partial charge is 0.410 e. The molecule has 1 atom stereocenters. The van der Waals surface area contributed by atoms with Crippen molar-refractivity contribution >= 4 is 17.9 Å². The molecule has 1 saturated heterocycles. The highest BCUT2D eigenvalue weighted by Crippen LogP contribution is 2.21. The minimum Gasteiger partial charge on any atom is -0.465 e. The number of hydrogen-bond acceptors (Lipinski definition) is 7. The highest BCUT2D eigenvalue weighted by molar-refractivity contribution is 5.69. The van der Waals surface area contributed by atoms with E-state index in [9.17, 15) is 14.4 Å². The zero-order valence-corrected chi connectivity index (χ0v) is 17.3. The summed E-state index contributed by atoms with van der Waals surface area (Å²) >= 11 is 0. The van der Waals surface area contributed by atoms with Gasteiger partial charge in [0.05, 0.1) is 12.6 Å². The number of likely N-dealkylation sites (tertiary alicyclic amines) is 1. The van der Waals surface area contributed by atoms with Crippen LogP contribution in [0.25, 0.3) is 0 Å². The van der Waals surface area contributed by atoms with Gasteiger partial charge in [-0.1, -0.05) is 0 Å². The molecule has 0 spiro atoms. The van der Waals surface area contributed by atoms with Crippen LogP contribution in [0.5, 0.6) is 0 Å². The first-order valence-electron chi connectivity index (χ1n) is 9.58. The number of anilines is 1. The summed E-state index contributed by atoms with van der Waals surface area (Å²) in [5.74, 6) is -0.331. The third kappa shape index (κ3) is 5.71. The zero-order chi connectivity index (χ0) is 20.9. The molecule has 1 aliphatic heterocycles. The molecule has 9 heteroatoms. The summed E-state index contributed by atoms with van der Waals surface area (Å²) in [5, 5.41) is 3.03. The van der Waals surface area contributed by atoms with Crippen LogP contribution in [0.1, 0.15) is 46.2 Å². The van der Waals surface area contributed by atoms with E-state index < -0.39 is 17.1 Å². The molecule has 28 heavy (non-hydrogen) atoms. The van der Waals surface area contributed by atoms with Crippen molar-refractivity contribution in [3.63, 3.8) is 0 Å². The zero-order valence-electron chi connectivity index (χ0n) is 17.3. The van der Waals surface area contributed by atoms with E-state index in [0.717, 1.165) is 12.8 Å². The lowest BCUT2D eigenvalue weighted by Gasteiger charge is -2.28. The summed E-state index contributed by atoms with van der Waals surface area (Å²) in [6, 6.07) is -0.0872. The van der Waals surface area contributed by atoms with Crippen molar-refractivity contribution in [2.75, 3.05) is 25.0 Å². The summed E-state index contributed by atoms with van der Waals surface area (Å²) in [6.07, 6.45) is 2.87. The molecule has 0 aliphatic carbocycles. The molecule has 0 saturated carbocycles. The van der Waals surface area contributed by atoms with Crippen molar-refractivity contribution in [3.8, 4) is 0 Å². The fourth-order valence-electron chi connectivity index (χ4n) is 3.05. The van der Waals surface area contributed by atoms with E-state index in [0.29, 0.717) is 18.8 Å². The maximum atomic E-state index is 12.7. The van der Waals surface area contributed by atoms with E-state index >= 15 is 0 Å². The van der Waals surface area contributed by atoms with Gasteiger partial charge in [0, 0.05) is 25.0 Å². The molecule has 2 heterocycles. The Bertz CT molecular complexity index is 769. The molecular weight excluding hydrogens is 364 g/mol. The molecule has 1 aliphatic rings. The van der Waals surface area contributed by atoms with Gasteiger partial charge in [-0.15, -0.1) is 0 Å². The van der Waals surface area contributed by atoms with Gasteiger partial charge in [-0.05, 0) is 47.5 Å². The van der Waals surface area contributed by atoms with Crippen LogP contribution in [0.3, 0.4) is 0 Å². The molecule has 0 bridgehead atoms. The first-order valence-corrected chi connectivity index (χ1v) is 9.58. The third-order valence-electron chi connectivity index (χ3n) is 4.36. The van der Waals surface area contributed by atoms with Crippen LogP contribution in [0.4, 0.5) is 10.6 Å². The number of aromatic nitrogens is 2. The molecule has 1 fully saturated rings. The summed E-state index contributed by atoms with van der Waals surface area (Å²) in [6.45, 7) is 10.0. The van der Waals surface area contributed by atoms with E-state index in [4.69, 9.17) is 9.47 Å². The van der Waals surface area contributed by atoms with Crippen LogP contribution in [-0.2, 0) is 20.8 Å². The Morgan fingerprint density at radius 1 is 1.36 bits per heavy atom. The lowest BCUT2D eigenvalue weighted by atomic mass is 10.2. The van der Waals surface area contributed by atoms with Crippen LogP contribution in [-0.4, -0.2) is 57.9 Å². The summed E-state index contributed by atoms with van der Waals surface area (Å²) in [7, 11) is 0. The number of esters is 1. The van der Waals surface area contributed by atoms with Crippen molar-refractivity contribution in [1.82, 2.24) is 14.5 Å². The van der Waals surface area contributed by atoms with E-state index in [1.165, 1.54) is 10.8 Å². The number of nitrogens with zero attached hydrogens (tertiary/aromatic N) is 3. The van der Waals surface area contributed by atoms with Crippen LogP contribution >= 0.6 is 0 Å². The largest absolute Gasteiger partial charge is 0.465 e. The standard InChI is InChI=1S/C19H30N4O5/c1-6-27-15(24)12-23-13(2)10-20-16(17(23)25)21-11-14-8-7-9-22(14)18(26)28-19(3,4)5/h10,14H,6-9,11-12H2,1-5H3,(H,20,21). The molecule has 156 valence electrons. The van der Waals surface area contributed by atoms with Gasteiger partial charge in [0.25, 0.3) is 5.56 Å². The number of ether oxygens (including phenoxy) is 2. The minimum atomic E-state index is -0.559. The van der Waals surface area contributed by atoms with E-state index in [2.05, 4.69) is 10.3 Å². The average molecular weight is 394 g/mol. The van der Waals surface area contributed by atoms with E-state index in [-0.39, 0.29) is 31.1 Å². The number of rotatable bonds is 6. The maximum Gasteiger partial charge on any atom is 0.410 e. The molecule has 1 amide bonds. The second-order valence-corrected chi connectivity index (χ2v) is 7.80. The third-order valence-corrected chi connectivity index (χ3v) is 4.36. The number of nitrogens with one attached hydrogen (secondary N) is 1. The normalized spacial score (nSPS) is 16.8. The second-order valence-electron chi connectivity index (χ2n) is 7.80. The quantitative estimate of drug-likeness (QED) is 0.735. The van der Waals surface area contributed by atoms with Crippen LogP contribution in [0.2, 0.25) is 0 Å². The monoisotopic (exact) mass is 394 g/mol. The Balaban J connectivity index is 2.06. The Kier molecular flexibility index (Phi) is 7.04. The second kappa shape index (κ2) is 9.07. The molecule has 1 unspecified atom stereocenters. The predicted octanol–water partition coefficient (Wildman–Crippen LogP) is 1.93. The molecule has 2 rings (SSSR count). The summed E-state index contributed by atoms with van der Waals surface area (Å²) < 4.78 is 11.7. The van der Waals surface area contributed by atoms with Gasteiger partial charge in [-0.3, -0.25) is 14.2 Å². The Labute approximate surface area is 165 Å². The molecular formula is C19H30N4O5. The molecule has 1 N–H and O–H groups in total. The fourth-order valence-corrected chi connectivity index (χ4v) is 3.05. The van der Waals surface area contributed by atoms with E-state index in [1.54, 1.807) is 18.7 Å². The number of carbonyl (C=O) groups excluding carboxylic acids is 2. The average Bonchev–Trinajstić information content (AvgIpc) is 3.05.